The van der Waals surface area contributed by atoms with Crippen molar-refractivity contribution in [3.63, 3.8) is 0 Å². The first-order valence-electron chi connectivity index (χ1n) is 8.60. The lowest BCUT2D eigenvalue weighted by molar-refractivity contribution is -0.211. The molecule has 0 bridgehead atoms. The molecule has 2 rings (SSSR count). The van der Waals surface area contributed by atoms with Gasteiger partial charge in [0.05, 0.1) is 22.7 Å². The minimum atomic E-state index is -4.31. The van der Waals surface area contributed by atoms with Crippen LogP contribution in [0.25, 0.3) is 11.3 Å². The van der Waals surface area contributed by atoms with E-state index in [0.717, 1.165) is 13.8 Å². The quantitative estimate of drug-likeness (QED) is 0.596. The Morgan fingerprint density at radius 3 is 2.41 bits per heavy atom. The Balaban J connectivity index is 2.37. The van der Waals surface area contributed by atoms with Crippen LogP contribution in [0.2, 0.25) is 5.02 Å². The summed E-state index contributed by atoms with van der Waals surface area (Å²) in [6.45, 7) is 6.61. The largest absolute Gasteiger partial charge is 0.461 e. The second-order valence-electron chi connectivity index (χ2n) is 6.82. The van der Waals surface area contributed by atoms with Crippen molar-refractivity contribution in [2.24, 2.45) is 5.41 Å². The number of hydrogen-bond acceptors (Lipinski definition) is 3. The number of alkyl halides is 3. The summed E-state index contributed by atoms with van der Waals surface area (Å²) in [4.78, 5) is 11.9. The van der Waals surface area contributed by atoms with Crippen molar-refractivity contribution < 1.29 is 22.7 Å². The summed E-state index contributed by atoms with van der Waals surface area (Å²) < 4.78 is 45.9. The molecule has 0 atom stereocenters. The zero-order valence-electron chi connectivity index (χ0n) is 15.7. The summed E-state index contributed by atoms with van der Waals surface area (Å²) >= 11 is 6.35. The van der Waals surface area contributed by atoms with Crippen LogP contribution in [0, 0.1) is 5.41 Å². The van der Waals surface area contributed by atoms with E-state index in [1.807, 2.05) is 6.92 Å². The molecule has 0 saturated carbocycles. The van der Waals surface area contributed by atoms with Crippen molar-refractivity contribution in [3.8, 4) is 11.3 Å². The lowest BCUT2D eigenvalue weighted by atomic mass is 9.85. The highest BCUT2D eigenvalue weighted by Crippen LogP contribution is 2.41. The van der Waals surface area contributed by atoms with Crippen LogP contribution < -0.4 is 0 Å². The van der Waals surface area contributed by atoms with Gasteiger partial charge < -0.3 is 4.74 Å². The molecule has 0 aliphatic heterocycles. The van der Waals surface area contributed by atoms with Gasteiger partial charge in [-0.25, -0.2) is 4.79 Å². The van der Waals surface area contributed by atoms with Gasteiger partial charge in [-0.05, 0) is 38.0 Å². The molecule has 4 nitrogen and oxygen atoms in total. The van der Waals surface area contributed by atoms with Gasteiger partial charge in [-0.3, -0.25) is 4.68 Å². The minimum absolute atomic E-state index is 0.159. The van der Waals surface area contributed by atoms with Crippen molar-refractivity contribution in [1.29, 1.82) is 0 Å². The summed E-state index contributed by atoms with van der Waals surface area (Å²) in [5.41, 5.74) is -0.0197. The lowest BCUT2D eigenvalue weighted by Gasteiger charge is -2.27. The standard InChI is InChI=1S/C19H22ClF3N2O2/c1-5-25-16(10-15(24-25)17(26)27-6-2)13-8-7-12(9-14(13)20)11-18(3,4)19(21,22)23/h7-10H,5-6,11H2,1-4H3. The van der Waals surface area contributed by atoms with Gasteiger partial charge in [0.2, 0.25) is 0 Å². The molecule has 0 fully saturated rings. The fourth-order valence-corrected chi connectivity index (χ4v) is 2.97. The van der Waals surface area contributed by atoms with E-state index in [1.54, 1.807) is 29.8 Å². The number of carbonyl (C=O) groups is 1. The van der Waals surface area contributed by atoms with Gasteiger partial charge in [-0.2, -0.15) is 18.3 Å². The molecule has 0 aliphatic carbocycles. The van der Waals surface area contributed by atoms with E-state index in [0.29, 0.717) is 28.4 Å². The second-order valence-corrected chi connectivity index (χ2v) is 7.23. The summed E-state index contributed by atoms with van der Waals surface area (Å²) in [6, 6.07) is 6.37. The van der Waals surface area contributed by atoms with E-state index < -0.39 is 17.6 Å². The van der Waals surface area contributed by atoms with E-state index in [-0.39, 0.29) is 18.7 Å². The number of halogens is 4. The molecule has 0 spiro atoms. The Morgan fingerprint density at radius 2 is 1.89 bits per heavy atom. The van der Waals surface area contributed by atoms with Crippen LogP contribution in [0.1, 0.15) is 43.7 Å². The van der Waals surface area contributed by atoms with E-state index in [2.05, 4.69) is 5.10 Å². The number of esters is 1. The van der Waals surface area contributed by atoms with E-state index in [4.69, 9.17) is 16.3 Å². The Kier molecular flexibility index (Phi) is 6.24. The highest BCUT2D eigenvalue weighted by molar-refractivity contribution is 6.33. The summed E-state index contributed by atoms with van der Waals surface area (Å²) in [7, 11) is 0. The predicted molar refractivity (Wildman–Crippen MR) is 97.8 cm³/mol. The monoisotopic (exact) mass is 402 g/mol. The number of benzene rings is 1. The van der Waals surface area contributed by atoms with Crippen LogP contribution in [-0.2, 0) is 17.7 Å². The van der Waals surface area contributed by atoms with Gasteiger partial charge in [0.1, 0.15) is 0 Å². The molecule has 27 heavy (non-hydrogen) atoms. The van der Waals surface area contributed by atoms with Gasteiger partial charge >= 0.3 is 12.1 Å². The van der Waals surface area contributed by atoms with Gasteiger partial charge in [-0.15, -0.1) is 0 Å². The highest BCUT2D eigenvalue weighted by atomic mass is 35.5. The third-order valence-electron chi connectivity index (χ3n) is 4.29. The Labute approximate surface area is 161 Å². The molecule has 1 aromatic heterocycles. The van der Waals surface area contributed by atoms with Crippen molar-refractivity contribution in [2.45, 2.75) is 46.8 Å². The zero-order chi connectivity index (χ0) is 20.4. The Bertz CT molecular complexity index is 829. The van der Waals surface area contributed by atoms with Gasteiger partial charge in [-0.1, -0.05) is 37.6 Å². The summed E-state index contributed by atoms with van der Waals surface area (Å²) in [5, 5.41) is 4.51. The highest BCUT2D eigenvalue weighted by Gasteiger charge is 2.47. The van der Waals surface area contributed by atoms with Crippen LogP contribution in [-0.4, -0.2) is 28.5 Å². The second kappa shape index (κ2) is 7.92. The number of nitrogens with zero attached hydrogens (tertiary/aromatic N) is 2. The van der Waals surface area contributed by atoms with Crippen molar-refractivity contribution in [3.05, 3.63) is 40.5 Å². The third-order valence-corrected chi connectivity index (χ3v) is 4.60. The molecule has 0 unspecified atom stereocenters. The third kappa shape index (κ3) is 4.64. The molecular formula is C19H22ClF3N2O2. The van der Waals surface area contributed by atoms with Crippen LogP contribution in [0.5, 0.6) is 0 Å². The first-order chi connectivity index (χ1) is 12.5. The van der Waals surface area contributed by atoms with Crippen molar-refractivity contribution >= 4 is 17.6 Å². The lowest BCUT2D eigenvalue weighted by Crippen LogP contribution is -2.34. The maximum Gasteiger partial charge on any atom is 0.394 e. The van der Waals surface area contributed by atoms with Crippen LogP contribution >= 0.6 is 11.6 Å². The smallest absolute Gasteiger partial charge is 0.394 e. The number of aromatic nitrogens is 2. The molecule has 0 saturated heterocycles. The molecule has 1 heterocycles. The van der Waals surface area contributed by atoms with E-state index in [1.165, 1.54) is 6.07 Å². The van der Waals surface area contributed by atoms with Crippen LogP contribution in [0.15, 0.2) is 24.3 Å². The molecular weight excluding hydrogens is 381 g/mol. The fraction of sp³-hybridized carbons (Fsp3) is 0.474. The van der Waals surface area contributed by atoms with Crippen molar-refractivity contribution in [1.82, 2.24) is 9.78 Å². The minimum Gasteiger partial charge on any atom is -0.461 e. The van der Waals surface area contributed by atoms with E-state index in [9.17, 15) is 18.0 Å². The first-order valence-corrected chi connectivity index (χ1v) is 8.98. The molecule has 8 heteroatoms. The number of hydrogen-bond donors (Lipinski definition) is 0. The van der Waals surface area contributed by atoms with Crippen molar-refractivity contribution in [2.75, 3.05) is 6.61 Å². The fourth-order valence-electron chi connectivity index (χ4n) is 2.67. The van der Waals surface area contributed by atoms with Crippen LogP contribution in [0.4, 0.5) is 13.2 Å². The van der Waals surface area contributed by atoms with Gasteiger partial charge in [0.25, 0.3) is 0 Å². The summed E-state index contributed by atoms with van der Waals surface area (Å²) in [6.07, 6.45) is -4.49. The van der Waals surface area contributed by atoms with Crippen LogP contribution in [0.3, 0.4) is 0 Å². The molecule has 148 valence electrons. The first kappa shape index (κ1) is 21.3. The molecule has 0 N–H and O–H groups in total. The number of rotatable bonds is 6. The normalized spacial score (nSPS) is 12.3. The molecule has 1 aromatic carbocycles. The number of aryl methyl sites for hydroxylation is 1. The zero-order valence-corrected chi connectivity index (χ0v) is 16.4. The average Bonchev–Trinajstić information content (AvgIpc) is 2.98. The molecule has 0 radical (unpaired) electrons. The Morgan fingerprint density at radius 1 is 1.22 bits per heavy atom. The topological polar surface area (TPSA) is 44.1 Å². The SMILES string of the molecule is CCOC(=O)c1cc(-c2ccc(CC(C)(C)C(F)(F)F)cc2Cl)n(CC)n1. The maximum absolute atomic E-state index is 13.1. The number of ether oxygens (including phenoxy) is 1. The maximum atomic E-state index is 13.1. The molecule has 0 aliphatic rings. The van der Waals surface area contributed by atoms with Gasteiger partial charge in [0.15, 0.2) is 5.69 Å². The molecule has 2 aromatic rings. The average molecular weight is 403 g/mol. The summed E-state index contributed by atoms with van der Waals surface area (Å²) in [5.74, 6) is -0.536. The Hall–Kier alpha value is -2.02. The van der Waals surface area contributed by atoms with Gasteiger partial charge in [0, 0.05) is 12.1 Å². The van der Waals surface area contributed by atoms with E-state index >= 15 is 0 Å². The molecule has 0 amide bonds. The predicted octanol–water partition coefficient (Wildman–Crippen LogP) is 5.53. The number of carbonyl (C=O) groups excluding carboxylic acids is 1.